The summed E-state index contributed by atoms with van der Waals surface area (Å²) in [5, 5.41) is 9.54. The van der Waals surface area contributed by atoms with Gasteiger partial charge in [-0.15, -0.1) is 0 Å². The zero-order valence-electron chi connectivity index (χ0n) is 12.1. The fraction of sp³-hybridized carbons (Fsp3) is 0.562. The van der Waals surface area contributed by atoms with E-state index in [-0.39, 0.29) is 0 Å². The fourth-order valence-corrected chi connectivity index (χ4v) is 2.89. The molecule has 1 unspecified atom stereocenters. The number of benzene rings is 1. The van der Waals surface area contributed by atoms with Crippen molar-refractivity contribution in [2.45, 2.75) is 39.5 Å². The van der Waals surface area contributed by atoms with E-state index in [0.717, 1.165) is 24.2 Å². The van der Waals surface area contributed by atoms with Crippen molar-refractivity contribution >= 4 is 5.97 Å². The molecule has 0 bridgehead atoms. The second kappa shape index (κ2) is 5.74. The molecule has 104 valence electrons. The number of nitrogens with zero attached hydrogens (tertiary/aromatic N) is 1. The maximum Gasteiger partial charge on any atom is 0.312 e. The van der Waals surface area contributed by atoms with Gasteiger partial charge in [0.05, 0.1) is 5.92 Å². The van der Waals surface area contributed by atoms with Gasteiger partial charge in [-0.2, -0.15) is 0 Å². The van der Waals surface area contributed by atoms with Crippen molar-refractivity contribution in [1.82, 2.24) is 4.90 Å². The summed E-state index contributed by atoms with van der Waals surface area (Å²) in [7, 11) is 0. The number of likely N-dealkylation sites (tertiary alicyclic amines) is 1. The minimum Gasteiger partial charge on any atom is -0.481 e. The molecule has 1 fully saturated rings. The number of rotatable bonds is 4. The van der Waals surface area contributed by atoms with E-state index in [4.69, 9.17) is 0 Å². The third-order valence-corrected chi connectivity index (χ3v) is 4.41. The van der Waals surface area contributed by atoms with E-state index in [1.165, 1.54) is 24.0 Å². The van der Waals surface area contributed by atoms with Crippen LogP contribution in [0.1, 0.15) is 41.0 Å². The molecule has 1 N–H and O–H groups in total. The summed E-state index contributed by atoms with van der Waals surface area (Å²) in [5.41, 5.74) is 4.55. The van der Waals surface area contributed by atoms with Gasteiger partial charge in [0.2, 0.25) is 0 Å². The van der Waals surface area contributed by atoms with Crippen LogP contribution in [0, 0.1) is 20.8 Å². The largest absolute Gasteiger partial charge is 0.481 e. The van der Waals surface area contributed by atoms with Crippen LogP contribution in [0.15, 0.2) is 12.1 Å². The molecule has 1 heterocycles. The summed E-state index contributed by atoms with van der Waals surface area (Å²) in [5.74, 6) is -1.12. The number of aliphatic carboxylic acids is 1. The van der Waals surface area contributed by atoms with E-state index in [9.17, 15) is 9.90 Å². The average molecular weight is 261 g/mol. The lowest BCUT2D eigenvalue weighted by atomic mass is 9.90. The number of carboxylic acid groups (broad SMARTS) is 1. The number of hydrogen-bond acceptors (Lipinski definition) is 2. The van der Waals surface area contributed by atoms with Gasteiger partial charge in [-0.3, -0.25) is 4.79 Å². The molecule has 3 nitrogen and oxygen atoms in total. The third kappa shape index (κ3) is 2.98. The van der Waals surface area contributed by atoms with Gasteiger partial charge in [0.1, 0.15) is 0 Å². The molecule has 1 atom stereocenters. The van der Waals surface area contributed by atoms with Gasteiger partial charge in [-0.1, -0.05) is 12.1 Å². The second-order valence-corrected chi connectivity index (χ2v) is 5.62. The average Bonchev–Trinajstić information content (AvgIpc) is 2.87. The van der Waals surface area contributed by atoms with E-state index in [1.807, 2.05) is 19.1 Å². The number of hydrogen-bond donors (Lipinski definition) is 1. The van der Waals surface area contributed by atoms with Crippen LogP contribution in [0.25, 0.3) is 0 Å². The molecule has 1 aromatic carbocycles. The van der Waals surface area contributed by atoms with E-state index < -0.39 is 11.9 Å². The number of carbonyl (C=O) groups is 1. The van der Waals surface area contributed by atoms with Gasteiger partial charge in [-0.05, 0) is 69.0 Å². The Balaban J connectivity index is 2.28. The number of aryl methyl sites for hydroxylation is 1. The van der Waals surface area contributed by atoms with Gasteiger partial charge in [-0.25, -0.2) is 0 Å². The summed E-state index contributed by atoms with van der Waals surface area (Å²) in [6.07, 6.45) is 2.39. The molecular formula is C16H23NO2. The van der Waals surface area contributed by atoms with Crippen molar-refractivity contribution in [3.63, 3.8) is 0 Å². The smallest absolute Gasteiger partial charge is 0.312 e. The molecule has 19 heavy (non-hydrogen) atoms. The highest BCUT2D eigenvalue weighted by Gasteiger charge is 2.26. The van der Waals surface area contributed by atoms with Crippen LogP contribution in [0.2, 0.25) is 0 Å². The molecule has 0 aliphatic carbocycles. The highest BCUT2D eigenvalue weighted by molar-refractivity contribution is 5.77. The Bertz CT molecular complexity index is 476. The van der Waals surface area contributed by atoms with E-state index in [2.05, 4.69) is 18.7 Å². The predicted molar refractivity (Wildman–Crippen MR) is 76.7 cm³/mol. The summed E-state index contributed by atoms with van der Waals surface area (Å²) in [4.78, 5) is 13.9. The Morgan fingerprint density at radius 1 is 1.21 bits per heavy atom. The van der Waals surface area contributed by atoms with Crippen LogP contribution in [-0.4, -0.2) is 35.6 Å². The molecule has 0 radical (unpaired) electrons. The quantitative estimate of drug-likeness (QED) is 0.906. The lowest BCUT2D eigenvalue weighted by Gasteiger charge is -2.23. The standard InChI is InChI=1S/C16H23NO2/c1-11-6-7-14(13(3)12(11)2)15(16(18)19)10-17-8-4-5-9-17/h6-7,15H,4-5,8-10H2,1-3H3,(H,18,19). The first kappa shape index (κ1) is 14.1. The van der Waals surface area contributed by atoms with Crippen molar-refractivity contribution in [2.75, 3.05) is 19.6 Å². The highest BCUT2D eigenvalue weighted by atomic mass is 16.4. The summed E-state index contributed by atoms with van der Waals surface area (Å²) in [6, 6.07) is 4.03. The Labute approximate surface area is 115 Å². The zero-order chi connectivity index (χ0) is 14.0. The Morgan fingerprint density at radius 3 is 2.42 bits per heavy atom. The summed E-state index contributed by atoms with van der Waals surface area (Å²) >= 11 is 0. The first-order chi connectivity index (χ1) is 9.00. The third-order valence-electron chi connectivity index (χ3n) is 4.41. The maximum atomic E-state index is 11.6. The fourth-order valence-electron chi connectivity index (χ4n) is 2.89. The van der Waals surface area contributed by atoms with Gasteiger partial charge in [0, 0.05) is 6.54 Å². The zero-order valence-corrected chi connectivity index (χ0v) is 12.1. The van der Waals surface area contributed by atoms with Crippen molar-refractivity contribution in [3.8, 4) is 0 Å². The Hall–Kier alpha value is -1.35. The minimum absolute atomic E-state index is 0.405. The monoisotopic (exact) mass is 261 g/mol. The predicted octanol–water partition coefficient (Wildman–Crippen LogP) is 2.88. The molecule has 1 aromatic rings. The van der Waals surface area contributed by atoms with Crippen LogP contribution in [0.4, 0.5) is 0 Å². The topological polar surface area (TPSA) is 40.5 Å². The maximum absolute atomic E-state index is 11.6. The number of carboxylic acids is 1. The van der Waals surface area contributed by atoms with Crippen LogP contribution < -0.4 is 0 Å². The van der Waals surface area contributed by atoms with Gasteiger partial charge >= 0.3 is 5.97 Å². The van der Waals surface area contributed by atoms with Crippen LogP contribution in [0.3, 0.4) is 0 Å². The minimum atomic E-state index is -0.710. The molecule has 1 saturated heterocycles. The van der Waals surface area contributed by atoms with Crippen molar-refractivity contribution in [1.29, 1.82) is 0 Å². The van der Waals surface area contributed by atoms with E-state index in [0.29, 0.717) is 6.54 Å². The Kier molecular flexibility index (Phi) is 4.25. The summed E-state index contributed by atoms with van der Waals surface area (Å²) in [6.45, 7) is 8.89. The normalized spacial score (nSPS) is 17.6. The molecule has 0 aromatic heterocycles. The van der Waals surface area contributed by atoms with Gasteiger partial charge in [0.15, 0.2) is 0 Å². The lowest BCUT2D eigenvalue weighted by Crippen LogP contribution is -2.30. The molecule has 1 aliphatic rings. The van der Waals surface area contributed by atoms with Gasteiger partial charge in [0.25, 0.3) is 0 Å². The SMILES string of the molecule is Cc1ccc(C(CN2CCCC2)C(=O)O)c(C)c1C. The molecule has 0 spiro atoms. The van der Waals surface area contributed by atoms with Crippen molar-refractivity contribution in [2.24, 2.45) is 0 Å². The van der Waals surface area contributed by atoms with E-state index >= 15 is 0 Å². The molecular weight excluding hydrogens is 238 g/mol. The van der Waals surface area contributed by atoms with Crippen molar-refractivity contribution < 1.29 is 9.90 Å². The van der Waals surface area contributed by atoms with Crippen LogP contribution >= 0.6 is 0 Å². The lowest BCUT2D eigenvalue weighted by molar-refractivity contribution is -0.139. The highest BCUT2D eigenvalue weighted by Crippen LogP contribution is 2.26. The first-order valence-electron chi connectivity index (χ1n) is 7.02. The molecule has 1 aliphatic heterocycles. The van der Waals surface area contributed by atoms with E-state index in [1.54, 1.807) is 0 Å². The van der Waals surface area contributed by atoms with Gasteiger partial charge < -0.3 is 10.0 Å². The Morgan fingerprint density at radius 2 is 1.84 bits per heavy atom. The summed E-state index contributed by atoms with van der Waals surface area (Å²) < 4.78 is 0. The second-order valence-electron chi connectivity index (χ2n) is 5.62. The molecule has 2 rings (SSSR count). The molecule has 0 saturated carbocycles. The van der Waals surface area contributed by atoms with Crippen LogP contribution in [-0.2, 0) is 4.79 Å². The molecule has 3 heteroatoms. The van der Waals surface area contributed by atoms with Crippen molar-refractivity contribution in [3.05, 3.63) is 34.4 Å². The molecule has 0 amide bonds. The first-order valence-corrected chi connectivity index (χ1v) is 7.02. The van der Waals surface area contributed by atoms with Crippen LogP contribution in [0.5, 0.6) is 0 Å².